The Morgan fingerprint density at radius 1 is 0.935 bits per heavy atom. The van der Waals surface area contributed by atoms with Gasteiger partial charge in [0.25, 0.3) is 0 Å². The van der Waals surface area contributed by atoms with E-state index in [1.807, 2.05) is 54.4 Å². The molecule has 1 aromatic heterocycles. The highest BCUT2D eigenvalue weighted by molar-refractivity contribution is 5.99. The largest absolute Gasteiger partial charge is 0.493 e. The summed E-state index contributed by atoms with van der Waals surface area (Å²) in [5.41, 5.74) is 2.83. The molecule has 0 aliphatic carbocycles. The molecule has 0 radical (unpaired) electrons. The number of ether oxygens (including phenoxy) is 4. The van der Waals surface area contributed by atoms with E-state index in [0.29, 0.717) is 23.7 Å². The van der Waals surface area contributed by atoms with Crippen LogP contribution in [0.15, 0.2) is 58.0 Å². The van der Waals surface area contributed by atoms with Crippen LogP contribution in [0, 0.1) is 6.92 Å². The highest BCUT2D eigenvalue weighted by Crippen LogP contribution is 2.51. The summed E-state index contributed by atoms with van der Waals surface area (Å²) in [6, 6.07) is 15.6. The fourth-order valence-corrected chi connectivity index (χ4v) is 4.21. The van der Waals surface area contributed by atoms with Gasteiger partial charge in [-0.25, -0.2) is 5.01 Å². The van der Waals surface area contributed by atoms with Gasteiger partial charge in [0.2, 0.25) is 6.23 Å². The maximum Gasteiger partial charge on any atom is 0.214 e. The Bertz CT molecular complexity index is 1150. The van der Waals surface area contributed by atoms with Crippen LogP contribution in [0.4, 0.5) is 0 Å². The average Bonchev–Trinajstić information content (AvgIpc) is 3.44. The van der Waals surface area contributed by atoms with Crippen LogP contribution in [0.3, 0.4) is 0 Å². The molecule has 0 spiro atoms. The summed E-state index contributed by atoms with van der Waals surface area (Å²) >= 11 is 0. The Morgan fingerprint density at radius 3 is 2.45 bits per heavy atom. The number of aryl methyl sites for hydroxylation is 1. The number of hydrogen-bond acceptors (Lipinski definition) is 7. The third-order valence-corrected chi connectivity index (χ3v) is 5.72. The first-order chi connectivity index (χ1) is 15.1. The van der Waals surface area contributed by atoms with Crippen LogP contribution in [-0.2, 0) is 0 Å². The second-order valence-corrected chi connectivity index (χ2v) is 7.52. The molecule has 0 saturated carbocycles. The number of para-hydroxylation sites is 1. The van der Waals surface area contributed by atoms with E-state index >= 15 is 0 Å². The van der Waals surface area contributed by atoms with Crippen molar-refractivity contribution in [2.75, 3.05) is 21.3 Å². The molecule has 2 aromatic carbocycles. The molecule has 0 saturated heterocycles. The zero-order valence-corrected chi connectivity index (χ0v) is 17.9. The van der Waals surface area contributed by atoms with Gasteiger partial charge in [0.15, 0.2) is 23.0 Å². The highest BCUT2D eigenvalue weighted by atomic mass is 16.5. The number of benzene rings is 2. The molecule has 0 fully saturated rings. The minimum absolute atomic E-state index is 0.00245. The molecular formula is C24H24N2O5. The van der Waals surface area contributed by atoms with E-state index in [2.05, 4.69) is 6.07 Å². The normalized spacial score (nSPS) is 19.2. The fourth-order valence-electron chi connectivity index (χ4n) is 4.21. The molecule has 2 aliphatic rings. The Balaban J connectivity index is 1.62. The number of hydrogen-bond donors (Lipinski definition) is 0. The Kier molecular flexibility index (Phi) is 4.73. The predicted octanol–water partition coefficient (Wildman–Crippen LogP) is 4.86. The summed E-state index contributed by atoms with van der Waals surface area (Å²) in [4.78, 5) is 0. The molecule has 0 bridgehead atoms. The first-order valence-electron chi connectivity index (χ1n) is 10.1. The lowest BCUT2D eigenvalue weighted by Gasteiger charge is -2.38. The Hall–Kier alpha value is -3.61. The van der Waals surface area contributed by atoms with Crippen molar-refractivity contribution in [3.8, 4) is 23.0 Å². The molecule has 5 rings (SSSR count). The van der Waals surface area contributed by atoms with Crippen molar-refractivity contribution in [2.24, 2.45) is 5.10 Å². The first-order valence-corrected chi connectivity index (χ1v) is 10.1. The molecule has 0 unspecified atom stereocenters. The Morgan fingerprint density at radius 2 is 1.74 bits per heavy atom. The van der Waals surface area contributed by atoms with Crippen LogP contribution in [0.5, 0.6) is 23.0 Å². The number of nitrogens with zero attached hydrogens (tertiary/aromatic N) is 2. The lowest BCUT2D eigenvalue weighted by atomic mass is 9.97. The molecule has 0 amide bonds. The number of fused-ring (bicyclic) bond motifs is 3. The quantitative estimate of drug-likeness (QED) is 0.588. The van der Waals surface area contributed by atoms with Crippen LogP contribution in [0.25, 0.3) is 0 Å². The maximum atomic E-state index is 6.48. The van der Waals surface area contributed by atoms with Crippen molar-refractivity contribution < 1.29 is 23.4 Å². The van der Waals surface area contributed by atoms with Crippen molar-refractivity contribution in [2.45, 2.75) is 25.6 Å². The van der Waals surface area contributed by atoms with Gasteiger partial charge in [-0.05, 0) is 43.3 Å². The number of rotatable bonds is 5. The van der Waals surface area contributed by atoms with Gasteiger partial charge in [-0.15, -0.1) is 0 Å². The lowest BCUT2D eigenvalue weighted by Crippen LogP contribution is -2.33. The van der Waals surface area contributed by atoms with Crippen molar-refractivity contribution in [3.05, 3.63) is 71.2 Å². The van der Waals surface area contributed by atoms with Crippen LogP contribution in [0.1, 0.15) is 41.3 Å². The standard InChI is InChI=1S/C24H24N2O5/c1-14-8-10-19(30-14)17-13-18-16-6-5-7-21(28-3)23(16)31-24(26(18)25-17)15-9-11-20(27-2)22(12-15)29-4/h5-12,18,24H,13H2,1-4H3/t18-,24+/m0/s1. The SMILES string of the molecule is COc1ccc([C@H]2Oc3c(OC)cccc3[C@@H]3CC(c4ccc(C)o4)=NN23)cc1OC. The molecule has 3 heterocycles. The maximum absolute atomic E-state index is 6.48. The van der Waals surface area contributed by atoms with E-state index in [9.17, 15) is 0 Å². The zero-order chi connectivity index (χ0) is 21.5. The average molecular weight is 420 g/mol. The van der Waals surface area contributed by atoms with Gasteiger partial charge < -0.3 is 23.4 Å². The molecule has 160 valence electrons. The van der Waals surface area contributed by atoms with E-state index in [4.69, 9.17) is 28.5 Å². The van der Waals surface area contributed by atoms with Gasteiger partial charge in [0.1, 0.15) is 17.2 Å². The molecular weight excluding hydrogens is 396 g/mol. The van der Waals surface area contributed by atoms with Crippen molar-refractivity contribution in [1.82, 2.24) is 5.01 Å². The van der Waals surface area contributed by atoms with Gasteiger partial charge in [0.05, 0.1) is 27.4 Å². The molecule has 3 aromatic rings. The van der Waals surface area contributed by atoms with E-state index in [0.717, 1.165) is 34.1 Å². The number of furan rings is 1. The zero-order valence-electron chi connectivity index (χ0n) is 17.9. The summed E-state index contributed by atoms with van der Waals surface area (Å²) < 4.78 is 28.8. The van der Waals surface area contributed by atoms with E-state index in [1.54, 1.807) is 21.3 Å². The van der Waals surface area contributed by atoms with Gasteiger partial charge >= 0.3 is 0 Å². The summed E-state index contributed by atoms with van der Waals surface area (Å²) in [5.74, 6) is 4.37. The first kappa shape index (κ1) is 19.4. The molecule has 2 aliphatic heterocycles. The van der Waals surface area contributed by atoms with E-state index in [-0.39, 0.29) is 6.04 Å². The molecule has 31 heavy (non-hydrogen) atoms. The molecule has 0 N–H and O–H groups in total. The van der Waals surface area contributed by atoms with E-state index in [1.165, 1.54) is 0 Å². The minimum Gasteiger partial charge on any atom is -0.493 e. The van der Waals surface area contributed by atoms with Crippen molar-refractivity contribution >= 4 is 5.71 Å². The second-order valence-electron chi connectivity index (χ2n) is 7.52. The van der Waals surface area contributed by atoms with Gasteiger partial charge in [-0.2, -0.15) is 5.10 Å². The minimum atomic E-state index is -0.456. The summed E-state index contributed by atoms with van der Waals surface area (Å²) in [7, 11) is 4.89. The third kappa shape index (κ3) is 3.17. The van der Waals surface area contributed by atoms with Crippen molar-refractivity contribution in [1.29, 1.82) is 0 Å². The highest BCUT2D eigenvalue weighted by Gasteiger charge is 2.42. The number of hydrazone groups is 1. The summed E-state index contributed by atoms with van der Waals surface area (Å²) in [5, 5.41) is 6.92. The van der Waals surface area contributed by atoms with E-state index < -0.39 is 6.23 Å². The van der Waals surface area contributed by atoms with Gasteiger partial charge in [-0.1, -0.05) is 12.1 Å². The van der Waals surface area contributed by atoms with Gasteiger partial charge in [0, 0.05) is 17.5 Å². The topological polar surface area (TPSA) is 65.7 Å². The monoisotopic (exact) mass is 420 g/mol. The molecule has 7 heteroatoms. The smallest absolute Gasteiger partial charge is 0.214 e. The lowest BCUT2D eigenvalue weighted by molar-refractivity contribution is -0.0210. The fraction of sp³-hybridized carbons (Fsp3) is 0.292. The third-order valence-electron chi connectivity index (χ3n) is 5.72. The van der Waals surface area contributed by atoms with Crippen LogP contribution in [-0.4, -0.2) is 32.0 Å². The van der Waals surface area contributed by atoms with Crippen LogP contribution < -0.4 is 18.9 Å². The summed E-state index contributed by atoms with van der Waals surface area (Å²) in [6.07, 6.45) is 0.252. The number of methoxy groups -OCH3 is 3. The second kappa shape index (κ2) is 7.58. The van der Waals surface area contributed by atoms with Crippen LogP contribution in [0.2, 0.25) is 0 Å². The Labute approximate surface area is 180 Å². The predicted molar refractivity (Wildman–Crippen MR) is 115 cm³/mol. The van der Waals surface area contributed by atoms with Crippen molar-refractivity contribution in [3.63, 3.8) is 0 Å². The molecule has 2 atom stereocenters. The van der Waals surface area contributed by atoms with Crippen LogP contribution >= 0.6 is 0 Å². The van der Waals surface area contributed by atoms with Gasteiger partial charge in [-0.3, -0.25) is 0 Å². The molecule has 7 nitrogen and oxygen atoms in total. The summed E-state index contributed by atoms with van der Waals surface area (Å²) in [6.45, 7) is 1.93.